The van der Waals surface area contributed by atoms with Gasteiger partial charge in [-0.25, -0.2) is 4.79 Å². The average Bonchev–Trinajstić information content (AvgIpc) is 3.02. The van der Waals surface area contributed by atoms with E-state index >= 15 is 0 Å². The highest BCUT2D eigenvalue weighted by Crippen LogP contribution is 2.41. The van der Waals surface area contributed by atoms with Gasteiger partial charge in [0.05, 0.1) is 17.0 Å². The number of imidazole rings is 1. The minimum Gasteiger partial charge on any atom is -0.512 e. The maximum Gasteiger partial charge on any atom is 0.327 e. The van der Waals surface area contributed by atoms with E-state index in [9.17, 15) is 14.7 Å². The molecule has 142 valence electrons. The van der Waals surface area contributed by atoms with E-state index in [1.807, 2.05) is 0 Å². The van der Waals surface area contributed by atoms with E-state index in [-0.39, 0.29) is 18.1 Å². The van der Waals surface area contributed by atoms with Crippen LogP contribution in [0, 0.1) is 5.41 Å². The molecule has 3 N–H and O–H groups in total. The first-order valence-corrected chi connectivity index (χ1v) is 8.65. The molecule has 3 heterocycles. The van der Waals surface area contributed by atoms with Crippen molar-refractivity contribution in [1.82, 2.24) is 14.5 Å². The number of aromatic nitrogens is 3. The van der Waals surface area contributed by atoms with Crippen molar-refractivity contribution in [2.45, 2.75) is 19.4 Å². The molecular formula is C20H18N4O4. The normalized spacial score (nSPS) is 19.1. The Hall–Kier alpha value is -3.68. The first-order chi connectivity index (χ1) is 13.4. The van der Waals surface area contributed by atoms with Crippen molar-refractivity contribution >= 4 is 28.6 Å². The Kier molecular flexibility index (Phi) is 3.92. The predicted octanol–water partition coefficient (Wildman–Crippen LogP) is 2.39. The van der Waals surface area contributed by atoms with Crippen LogP contribution in [0.15, 0.2) is 47.1 Å². The van der Waals surface area contributed by atoms with Crippen LogP contribution in [0.5, 0.6) is 5.75 Å². The number of nitrogens with one attached hydrogen (secondary N) is 2. The molecule has 1 aliphatic rings. The van der Waals surface area contributed by atoms with E-state index < -0.39 is 11.2 Å². The standard InChI is InChI=1S/C20H18N4O4/c1-11(21)16(12(2)26)13-6-7-14-17-18(13)28-10-20(9-25,24(17)19(27)23-14)15-5-3-4-8-22-15/h3-9,21,26H,10H2,1-2H3,(H,23,27)/b16-12+,21-11?. The predicted molar refractivity (Wildman–Crippen MR) is 104 cm³/mol. The van der Waals surface area contributed by atoms with Crippen molar-refractivity contribution in [1.29, 1.82) is 5.41 Å². The zero-order chi connectivity index (χ0) is 20.1. The summed E-state index contributed by atoms with van der Waals surface area (Å²) in [5, 5.41) is 18.1. The van der Waals surface area contributed by atoms with Crippen molar-refractivity contribution in [3.63, 3.8) is 0 Å². The number of carbonyl (C=O) groups is 1. The van der Waals surface area contributed by atoms with Crippen molar-refractivity contribution in [2.75, 3.05) is 6.61 Å². The number of H-pyrrole nitrogens is 1. The number of hydrogen-bond donors (Lipinski definition) is 3. The lowest BCUT2D eigenvalue weighted by Gasteiger charge is -2.34. The molecule has 1 atom stereocenters. The van der Waals surface area contributed by atoms with Crippen LogP contribution < -0.4 is 10.4 Å². The van der Waals surface area contributed by atoms with Gasteiger partial charge in [-0.1, -0.05) is 6.07 Å². The molecule has 28 heavy (non-hydrogen) atoms. The van der Waals surface area contributed by atoms with Gasteiger partial charge in [0.25, 0.3) is 0 Å². The van der Waals surface area contributed by atoms with E-state index in [1.165, 1.54) is 11.5 Å². The molecule has 0 bridgehead atoms. The quantitative estimate of drug-likeness (QED) is 0.366. The molecule has 0 saturated heterocycles. The highest BCUT2D eigenvalue weighted by molar-refractivity contribution is 6.23. The average molecular weight is 378 g/mol. The van der Waals surface area contributed by atoms with Crippen LogP contribution in [0.4, 0.5) is 0 Å². The Balaban J connectivity index is 2.11. The van der Waals surface area contributed by atoms with E-state index in [4.69, 9.17) is 10.1 Å². The largest absolute Gasteiger partial charge is 0.512 e. The Morgan fingerprint density at radius 3 is 2.75 bits per heavy atom. The molecule has 0 fully saturated rings. The molecule has 4 rings (SSSR count). The van der Waals surface area contributed by atoms with Gasteiger partial charge in [0, 0.05) is 23.0 Å². The zero-order valence-electron chi connectivity index (χ0n) is 15.3. The number of allylic oxidation sites excluding steroid dienone is 2. The Labute approximate surface area is 159 Å². The van der Waals surface area contributed by atoms with Gasteiger partial charge in [-0.05, 0) is 38.1 Å². The topological polar surface area (TPSA) is 121 Å². The van der Waals surface area contributed by atoms with Gasteiger partial charge >= 0.3 is 5.69 Å². The fourth-order valence-corrected chi connectivity index (χ4v) is 3.76. The number of ether oxygens (including phenoxy) is 1. The van der Waals surface area contributed by atoms with E-state index in [0.717, 1.165) is 0 Å². The summed E-state index contributed by atoms with van der Waals surface area (Å²) in [6, 6.07) is 8.48. The number of hydrogen-bond acceptors (Lipinski definition) is 6. The monoisotopic (exact) mass is 378 g/mol. The summed E-state index contributed by atoms with van der Waals surface area (Å²) >= 11 is 0. The van der Waals surface area contributed by atoms with Crippen molar-refractivity contribution in [3.05, 3.63) is 64.0 Å². The van der Waals surface area contributed by atoms with E-state index in [0.29, 0.717) is 39.9 Å². The second kappa shape index (κ2) is 6.19. The maximum absolute atomic E-state index is 12.8. The van der Waals surface area contributed by atoms with E-state index in [2.05, 4.69) is 9.97 Å². The molecule has 1 aliphatic heterocycles. The fourth-order valence-electron chi connectivity index (χ4n) is 3.76. The molecular weight excluding hydrogens is 360 g/mol. The minimum absolute atomic E-state index is 0.0342. The lowest BCUT2D eigenvalue weighted by Crippen LogP contribution is -2.49. The van der Waals surface area contributed by atoms with Gasteiger partial charge in [-0.3, -0.25) is 9.55 Å². The molecule has 1 unspecified atom stereocenters. The molecule has 0 spiro atoms. The van der Waals surface area contributed by atoms with Gasteiger partial charge < -0.3 is 25.0 Å². The summed E-state index contributed by atoms with van der Waals surface area (Å²) in [6.45, 7) is 2.91. The second-order valence-electron chi connectivity index (χ2n) is 6.74. The summed E-state index contributed by atoms with van der Waals surface area (Å²) in [7, 11) is 0. The number of aliphatic hydroxyl groups is 1. The van der Waals surface area contributed by atoms with Gasteiger partial charge in [0.2, 0.25) is 0 Å². The van der Waals surface area contributed by atoms with Crippen molar-refractivity contribution < 1.29 is 14.6 Å². The van der Waals surface area contributed by atoms with Crippen molar-refractivity contribution in [3.8, 4) is 5.75 Å². The Morgan fingerprint density at radius 1 is 1.36 bits per heavy atom. The molecule has 0 saturated carbocycles. The summed E-state index contributed by atoms with van der Waals surface area (Å²) < 4.78 is 7.34. The Morgan fingerprint density at radius 2 is 2.14 bits per heavy atom. The number of carbonyl (C=O) groups excluding carboxylic acids is 1. The van der Waals surface area contributed by atoms with Gasteiger partial charge in [0.1, 0.15) is 12.1 Å². The number of aldehydes is 1. The first-order valence-electron chi connectivity index (χ1n) is 8.65. The summed E-state index contributed by atoms with van der Waals surface area (Å²) in [5.41, 5.74) is 0.339. The third-order valence-electron chi connectivity index (χ3n) is 4.94. The number of pyridine rings is 1. The van der Waals surface area contributed by atoms with Crippen LogP contribution in [-0.2, 0) is 10.3 Å². The molecule has 0 aliphatic carbocycles. The van der Waals surface area contributed by atoms with Crippen LogP contribution in [0.3, 0.4) is 0 Å². The number of aliphatic hydroxyl groups excluding tert-OH is 1. The highest BCUT2D eigenvalue weighted by atomic mass is 16.5. The molecule has 8 heteroatoms. The number of nitrogens with zero attached hydrogens (tertiary/aromatic N) is 2. The molecule has 2 aromatic heterocycles. The third kappa shape index (κ3) is 2.31. The van der Waals surface area contributed by atoms with Crippen LogP contribution in [-0.4, -0.2) is 38.2 Å². The lowest BCUT2D eigenvalue weighted by atomic mass is 9.93. The smallest absolute Gasteiger partial charge is 0.327 e. The van der Waals surface area contributed by atoms with Gasteiger partial charge in [-0.15, -0.1) is 0 Å². The highest BCUT2D eigenvalue weighted by Gasteiger charge is 2.44. The van der Waals surface area contributed by atoms with Crippen molar-refractivity contribution in [2.24, 2.45) is 0 Å². The second-order valence-corrected chi connectivity index (χ2v) is 6.74. The molecule has 0 amide bonds. The molecule has 1 aromatic carbocycles. The molecule has 8 nitrogen and oxygen atoms in total. The zero-order valence-corrected chi connectivity index (χ0v) is 15.3. The van der Waals surface area contributed by atoms with Gasteiger partial charge in [-0.2, -0.15) is 0 Å². The van der Waals surface area contributed by atoms with Crippen LogP contribution in [0.1, 0.15) is 25.1 Å². The molecule has 0 radical (unpaired) electrons. The Bertz CT molecular complexity index is 1200. The van der Waals surface area contributed by atoms with Crippen LogP contribution in [0.25, 0.3) is 16.6 Å². The van der Waals surface area contributed by atoms with E-state index in [1.54, 1.807) is 43.5 Å². The third-order valence-corrected chi connectivity index (χ3v) is 4.94. The van der Waals surface area contributed by atoms with Crippen LogP contribution >= 0.6 is 0 Å². The summed E-state index contributed by atoms with van der Waals surface area (Å²) in [6.07, 6.45) is 2.21. The number of benzene rings is 1. The summed E-state index contributed by atoms with van der Waals surface area (Å²) in [4.78, 5) is 32.1. The molecule has 3 aromatic rings. The SMILES string of the molecule is CC(=N)/C(=C(/C)O)c1ccc2[nH]c(=O)n3c2c1OCC3(C=O)c1ccccn1. The van der Waals surface area contributed by atoms with Gasteiger partial charge in [0.15, 0.2) is 17.6 Å². The number of aromatic amines is 1. The number of rotatable bonds is 4. The maximum atomic E-state index is 12.8. The minimum atomic E-state index is -1.42. The summed E-state index contributed by atoms with van der Waals surface area (Å²) in [5.74, 6) is 0.298. The first kappa shape index (κ1) is 17.7. The fraction of sp³-hybridized carbons (Fsp3) is 0.200. The lowest BCUT2D eigenvalue weighted by molar-refractivity contribution is -0.115. The van der Waals surface area contributed by atoms with Crippen LogP contribution in [0.2, 0.25) is 0 Å².